The van der Waals surface area contributed by atoms with Crippen LogP contribution in [-0.4, -0.2) is 28.0 Å². The zero-order valence-corrected chi connectivity index (χ0v) is 12.9. The summed E-state index contributed by atoms with van der Waals surface area (Å²) in [6.07, 6.45) is 0. The van der Waals surface area contributed by atoms with Crippen LogP contribution in [0.2, 0.25) is 0 Å². The third-order valence-electron chi connectivity index (χ3n) is 2.98. The van der Waals surface area contributed by atoms with Gasteiger partial charge in [-0.2, -0.15) is 16.9 Å². The average Bonchev–Trinajstić information content (AvgIpc) is 2.79. The first-order valence-electron chi connectivity index (χ1n) is 6.68. The number of halogens is 1. The SMILES string of the molecule is Cc1cc(C(=O)NCCSCc2ccccc2F)n(C)n1. The fraction of sp³-hybridized carbons (Fsp3) is 0.333. The number of nitrogens with one attached hydrogen (secondary N) is 1. The van der Waals surface area contributed by atoms with Gasteiger partial charge in [-0.15, -0.1) is 0 Å². The predicted molar refractivity (Wildman–Crippen MR) is 82.8 cm³/mol. The minimum Gasteiger partial charge on any atom is -0.350 e. The van der Waals surface area contributed by atoms with Gasteiger partial charge in [0.2, 0.25) is 0 Å². The Balaban J connectivity index is 1.72. The van der Waals surface area contributed by atoms with Crippen molar-refractivity contribution in [2.24, 2.45) is 7.05 Å². The molecule has 21 heavy (non-hydrogen) atoms. The number of aromatic nitrogens is 2. The van der Waals surface area contributed by atoms with Crippen LogP contribution >= 0.6 is 11.8 Å². The highest BCUT2D eigenvalue weighted by Gasteiger charge is 2.10. The number of rotatable bonds is 6. The maximum absolute atomic E-state index is 13.4. The summed E-state index contributed by atoms with van der Waals surface area (Å²) in [5, 5.41) is 6.97. The molecule has 0 saturated carbocycles. The van der Waals surface area contributed by atoms with E-state index in [0.717, 1.165) is 11.4 Å². The Morgan fingerprint density at radius 3 is 2.86 bits per heavy atom. The number of amides is 1. The van der Waals surface area contributed by atoms with Gasteiger partial charge in [-0.05, 0) is 24.6 Å². The largest absolute Gasteiger partial charge is 0.350 e. The van der Waals surface area contributed by atoms with Gasteiger partial charge >= 0.3 is 0 Å². The van der Waals surface area contributed by atoms with Gasteiger partial charge in [0.1, 0.15) is 11.5 Å². The van der Waals surface area contributed by atoms with E-state index in [9.17, 15) is 9.18 Å². The molecule has 1 aromatic heterocycles. The minimum atomic E-state index is -0.181. The van der Waals surface area contributed by atoms with Crippen LogP contribution in [0.1, 0.15) is 21.7 Å². The first kappa shape index (κ1) is 15.6. The van der Waals surface area contributed by atoms with Crippen LogP contribution < -0.4 is 5.32 Å². The number of benzene rings is 1. The van der Waals surface area contributed by atoms with E-state index in [1.807, 2.05) is 13.0 Å². The van der Waals surface area contributed by atoms with E-state index >= 15 is 0 Å². The van der Waals surface area contributed by atoms with Crippen LogP contribution in [0.5, 0.6) is 0 Å². The molecule has 0 atom stereocenters. The lowest BCUT2D eigenvalue weighted by Crippen LogP contribution is -2.27. The van der Waals surface area contributed by atoms with Crippen LogP contribution in [0, 0.1) is 12.7 Å². The average molecular weight is 307 g/mol. The third kappa shape index (κ3) is 4.32. The van der Waals surface area contributed by atoms with Gasteiger partial charge in [0.05, 0.1) is 5.69 Å². The lowest BCUT2D eigenvalue weighted by Gasteiger charge is -2.06. The van der Waals surface area contributed by atoms with E-state index in [4.69, 9.17) is 0 Å². The number of nitrogens with zero attached hydrogens (tertiary/aromatic N) is 2. The molecule has 0 fully saturated rings. The van der Waals surface area contributed by atoms with Crippen molar-refractivity contribution < 1.29 is 9.18 Å². The quantitative estimate of drug-likeness (QED) is 0.834. The number of thioether (sulfide) groups is 1. The number of hydrogen-bond donors (Lipinski definition) is 1. The number of carbonyl (C=O) groups is 1. The topological polar surface area (TPSA) is 46.9 Å². The molecule has 0 aliphatic carbocycles. The zero-order valence-electron chi connectivity index (χ0n) is 12.1. The zero-order chi connectivity index (χ0) is 15.2. The molecule has 112 valence electrons. The fourth-order valence-electron chi connectivity index (χ4n) is 1.95. The lowest BCUT2D eigenvalue weighted by atomic mass is 10.2. The van der Waals surface area contributed by atoms with Crippen LogP contribution in [-0.2, 0) is 12.8 Å². The summed E-state index contributed by atoms with van der Waals surface area (Å²) in [7, 11) is 1.74. The van der Waals surface area contributed by atoms with E-state index < -0.39 is 0 Å². The molecule has 6 heteroatoms. The van der Waals surface area contributed by atoms with Crippen LogP contribution in [0.15, 0.2) is 30.3 Å². The summed E-state index contributed by atoms with van der Waals surface area (Å²) in [6, 6.07) is 8.49. The van der Waals surface area contributed by atoms with Crippen LogP contribution in [0.4, 0.5) is 4.39 Å². The molecule has 0 spiro atoms. The number of hydrogen-bond acceptors (Lipinski definition) is 3. The molecule has 0 aliphatic heterocycles. The van der Waals surface area contributed by atoms with E-state index in [2.05, 4.69) is 10.4 Å². The number of carbonyl (C=O) groups excluding carboxylic acids is 1. The molecule has 0 radical (unpaired) electrons. The second-order valence-electron chi connectivity index (χ2n) is 4.69. The molecular formula is C15H18FN3OS. The highest BCUT2D eigenvalue weighted by atomic mass is 32.2. The van der Waals surface area contributed by atoms with Crippen molar-refractivity contribution in [1.29, 1.82) is 0 Å². The Labute approximate surface area is 127 Å². The van der Waals surface area contributed by atoms with Crippen LogP contribution in [0.3, 0.4) is 0 Å². The molecule has 4 nitrogen and oxygen atoms in total. The Hall–Kier alpha value is -1.82. The third-order valence-corrected chi connectivity index (χ3v) is 3.99. The molecule has 0 aliphatic rings. The van der Waals surface area contributed by atoms with Gasteiger partial charge in [-0.3, -0.25) is 9.48 Å². The first-order valence-corrected chi connectivity index (χ1v) is 7.83. The molecule has 2 rings (SSSR count). The van der Waals surface area contributed by atoms with Gasteiger partial charge in [0.25, 0.3) is 5.91 Å². The summed E-state index contributed by atoms with van der Waals surface area (Å²) >= 11 is 1.59. The standard InChI is InChI=1S/C15H18FN3OS/c1-11-9-14(19(2)18-11)15(20)17-7-8-21-10-12-5-3-4-6-13(12)16/h3-6,9H,7-8,10H2,1-2H3,(H,17,20). The van der Waals surface area contributed by atoms with Gasteiger partial charge in [-0.25, -0.2) is 4.39 Å². The summed E-state index contributed by atoms with van der Waals surface area (Å²) in [5.74, 6) is 1.02. The van der Waals surface area contributed by atoms with Crippen molar-refractivity contribution in [2.75, 3.05) is 12.3 Å². The van der Waals surface area contributed by atoms with Gasteiger partial charge < -0.3 is 5.32 Å². The smallest absolute Gasteiger partial charge is 0.269 e. The molecular weight excluding hydrogens is 289 g/mol. The van der Waals surface area contributed by atoms with Gasteiger partial charge in [-0.1, -0.05) is 18.2 Å². The highest BCUT2D eigenvalue weighted by Crippen LogP contribution is 2.14. The highest BCUT2D eigenvalue weighted by molar-refractivity contribution is 7.98. The molecule has 0 bridgehead atoms. The Bertz CT molecular complexity index is 627. The Morgan fingerprint density at radius 2 is 2.19 bits per heavy atom. The summed E-state index contributed by atoms with van der Waals surface area (Å²) in [6.45, 7) is 2.39. The molecule has 1 N–H and O–H groups in total. The molecule has 1 heterocycles. The van der Waals surface area contributed by atoms with Crippen molar-refractivity contribution in [3.8, 4) is 0 Å². The maximum Gasteiger partial charge on any atom is 0.269 e. The van der Waals surface area contributed by atoms with Crippen LogP contribution in [0.25, 0.3) is 0 Å². The molecule has 2 aromatic rings. The number of aryl methyl sites for hydroxylation is 2. The fourth-order valence-corrected chi connectivity index (χ4v) is 2.79. The summed E-state index contributed by atoms with van der Waals surface area (Å²) in [4.78, 5) is 11.9. The Morgan fingerprint density at radius 1 is 1.43 bits per heavy atom. The van der Waals surface area contributed by atoms with Crippen molar-refractivity contribution in [1.82, 2.24) is 15.1 Å². The predicted octanol–water partition coefficient (Wildman–Crippen LogP) is 2.53. The second-order valence-corrected chi connectivity index (χ2v) is 5.80. The monoisotopic (exact) mass is 307 g/mol. The summed E-state index contributed by atoms with van der Waals surface area (Å²) < 4.78 is 15.0. The van der Waals surface area contributed by atoms with Gasteiger partial charge in [0.15, 0.2) is 0 Å². The lowest BCUT2D eigenvalue weighted by molar-refractivity contribution is 0.0947. The van der Waals surface area contributed by atoms with Crippen molar-refractivity contribution in [3.05, 3.63) is 53.1 Å². The molecule has 1 aromatic carbocycles. The maximum atomic E-state index is 13.4. The van der Waals surface area contributed by atoms with Gasteiger partial charge in [0, 0.05) is 25.1 Å². The molecule has 1 amide bonds. The van der Waals surface area contributed by atoms with E-state index in [0.29, 0.717) is 23.6 Å². The van der Waals surface area contributed by atoms with E-state index in [-0.39, 0.29) is 11.7 Å². The van der Waals surface area contributed by atoms with E-state index in [1.54, 1.807) is 41.7 Å². The normalized spacial score (nSPS) is 10.6. The minimum absolute atomic E-state index is 0.135. The van der Waals surface area contributed by atoms with Crippen molar-refractivity contribution in [3.63, 3.8) is 0 Å². The van der Waals surface area contributed by atoms with Crippen molar-refractivity contribution in [2.45, 2.75) is 12.7 Å². The van der Waals surface area contributed by atoms with Crippen molar-refractivity contribution >= 4 is 17.7 Å². The molecule has 0 unspecified atom stereocenters. The molecule has 0 saturated heterocycles. The second kappa shape index (κ2) is 7.26. The summed E-state index contributed by atoms with van der Waals surface area (Å²) in [5.41, 5.74) is 2.05. The first-order chi connectivity index (χ1) is 10.1. The van der Waals surface area contributed by atoms with E-state index in [1.165, 1.54) is 6.07 Å². The Kier molecular flexibility index (Phi) is 5.38.